The number of anilines is 1. The van der Waals surface area contributed by atoms with Gasteiger partial charge in [-0.05, 0) is 130 Å². The summed E-state index contributed by atoms with van der Waals surface area (Å²) in [6.45, 7) is 22.8. The minimum Gasteiger partial charge on any atom is -0.369 e. The van der Waals surface area contributed by atoms with Gasteiger partial charge in [-0.25, -0.2) is 0 Å². The zero-order chi connectivity index (χ0) is 31.5. The summed E-state index contributed by atoms with van der Waals surface area (Å²) in [4.78, 5) is 9.79. The highest BCUT2D eigenvalue weighted by atomic mass is 15.3. The molecule has 2 aliphatic heterocycles. The Bertz CT molecular complexity index is 1380. The number of piperazine rings is 1. The topological polar surface area (TPSA) is 30.9 Å². The fourth-order valence-electron chi connectivity index (χ4n) is 6.69. The molecular formula is C40H56N4. The smallest absolute Gasteiger partial charge is 0.0426 e. The molecule has 0 aromatic heterocycles. The van der Waals surface area contributed by atoms with Crippen molar-refractivity contribution in [1.82, 2.24) is 10.2 Å². The van der Waals surface area contributed by atoms with Crippen molar-refractivity contribution in [3.05, 3.63) is 94.6 Å². The third kappa shape index (κ3) is 8.92. The van der Waals surface area contributed by atoms with Gasteiger partial charge in [-0.15, -0.1) is 0 Å². The van der Waals surface area contributed by atoms with Crippen molar-refractivity contribution in [1.29, 1.82) is 0 Å². The van der Waals surface area contributed by atoms with Gasteiger partial charge in [-0.3, -0.25) is 9.89 Å². The van der Waals surface area contributed by atoms with Crippen molar-refractivity contribution in [3.8, 4) is 0 Å². The second-order valence-corrected chi connectivity index (χ2v) is 12.8. The van der Waals surface area contributed by atoms with Crippen LogP contribution in [0, 0.1) is 12.8 Å². The highest BCUT2D eigenvalue weighted by Crippen LogP contribution is 2.29. The summed E-state index contributed by atoms with van der Waals surface area (Å²) < 4.78 is 0. The van der Waals surface area contributed by atoms with E-state index in [1.54, 1.807) is 0 Å². The Kier molecular flexibility index (Phi) is 12.8. The molecule has 0 spiro atoms. The number of allylic oxidation sites excluding steroid dienone is 6. The zero-order valence-electron chi connectivity index (χ0n) is 28.4. The van der Waals surface area contributed by atoms with Crippen LogP contribution in [0.15, 0.2) is 71.8 Å². The van der Waals surface area contributed by atoms with Crippen molar-refractivity contribution in [2.75, 3.05) is 57.8 Å². The highest BCUT2D eigenvalue weighted by molar-refractivity contribution is 6.12. The summed E-state index contributed by atoms with van der Waals surface area (Å²) in [5, 5.41) is 3.39. The van der Waals surface area contributed by atoms with Crippen LogP contribution < -0.4 is 10.2 Å². The molecule has 0 bridgehead atoms. The molecule has 2 heterocycles. The second-order valence-electron chi connectivity index (χ2n) is 12.8. The second kappa shape index (κ2) is 16.7. The standard InChI is InChI=1S/C40H56N4/c1-8-34(36-14-16-39(32(6)26-36)40-28-42-21-18-31(40)5)13-11-10-12-33(19-20-41-7)29-43-22-24-44(25-23-43)37-15-17-38(30(3)4)35(9-2)27-37/h8,11,13-17,26-28,33,41H,3,9-10,12,18-25,29H2,1-2,4-7H3/b13-11-,34-8+. The Balaban J connectivity index is 1.31. The van der Waals surface area contributed by atoms with Crippen LogP contribution in [0.1, 0.15) is 81.2 Å². The third-order valence-electron chi connectivity index (χ3n) is 9.48. The largest absolute Gasteiger partial charge is 0.369 e. The molecular weight excluding hydrogens is 536 g/mol. The Labute approximate surface area is 268 Å². The van der Waals surface area contributed by atoms with Crippen molar-refractivity contribution in [3.63, 3.8) is 0 Å². The first-order valence-electron chi connectivity index (χ1n) is 16.9. The van der Waals surface area contributed by atoms with E-state index in [0.29, 0.717) is 5.92 Å². The average Bonchev–Trinajstić information content (AvgIpc) is 3.04. The lowest BCUT2D eigenvalue weighted by Gasteiger charge is -2.38. The number of nitrogens with one attached hydrogen (secondary N) is 1. The first-order chi connectivity index (χ1) is 21.3. The fraction of sp³-hybridized carbons (Fsp3) is 0.475. The molecule has 0 aliphatic carbocycles. The normalized spacial score (nSPS) is 17.1. The van der Waals surface area contributed by atoms with Crippen molar-refractivity contribution in [2.24, 2.45) is 10.9 Å². The van der Waals surface area contributed by atoms with E-state index in [0.717, 1.165) is 64.1 Å². The summed E-state index contributed by atoms with van der Waals surface area (Å²) in [7, 11) is 2.07. The number of rotatable bonds is 14. The first kappa shape index (κ1) is 33.7. The quantitative estimate of drug-likeness (QED) is 0.223. The van der Waals surface area contributed by atoms with Gasteiger partial charge >= 0.3 is 0 Å². The molecule has 1 N–H and O–H groups in total. The molecule has 0 amide bonds. The molecule has 1 fully saturated rings. The summed E-state index contributed by atoms with van der Waals surface area (Å²) in [5.74, 6) is 0.699. The molecule has 2 aromatic rings. The van der Waals surface area contributed by atoms with Crippen LogP contribution in [0.4, 0.5) is 5.69 Å². The summed E-state index contributed by atoms with van der Waals surface area (Å²) in [6, 6.07) is 13.8. The predicted octanol–water partition coefficient (Wildman–Crippen LogP) is 8.63. The SMILES string of the molecule is C=C(C)c1ccc(N2CCN(CC(CC/C=C\C(=C/C)c3ccc(C4=C(C)CCN=C4)c(C)c3)CCNC)CC2)cc1CC. The van der Waals surface area contributed by atoms with E-state index in [4.69, 9.17) is 0 Å². The monoisotopic (exact) mass is 592 g/mol. The first-order valence-corrected chi connectivity index (χ1v) is 16.9. The number of benzene rings is 2. The Morgan fingerprint density at radius 3 is 2.52 bits per heavy atom. The zero-order valence-corrected chi connectivity index (χ0v) is 28.4. The van der Waals surface area contributed by atoms with Crippen LogP contribution >= 0.6 is 0 Å². The van der Waals surface area contributed by atoms with Gasteiger partial charge in [-0.2, -0.15) is 0 Å². The van der Waals surface area contributed by atoms with Gasteiger partial charge in [0.15, 0.2) is 0 Å². The van der Waals surface area contributed by atoms with Gasteiger partial charge in [0, 0.05) is 51.2 Å². The highest BCUT2D eigenvalue weighted by Gasteiger charge is 2.21. The van der Waals surface area contributed by atoms with E-state index in [2.05, 4.69) is 129 Å². The minimum absolute atomic E-state index is 0.699. The van der Waals surface area contributed by atoms with Crippen LogP contribution in [0.5, 0.6) is 0 Å². The lowest BCUT2D eigenvalue weighted by atomic mass is 9.91. The number of hydrogen-bond donors (Lipinski definition) is 1. The van der Waals surface area contributed by atoms with E-state index >= 15 is 0 Å². The van der Waals surface area contributed by atoms with Crippen molar-refractivity contribution in [2.45, 2.75) is 66.7 Å². The van der Waals surface area contributed by atoms with Gasteiger partial charge in [0.25, 0.3) is 0 Å². The fourth-order valence-corrected chi connectivity index (χ4v) is 6.69. The van der Waals surface area contributed by atoms with Crippen molar-refractivity contribution < 1.29 is 0 Å². The summed E-state index contributed by atoms with van der Waals surface area (Å²) >= 11 is 0. The van der Waals surface area contributed by atoms with Crippen LogP contribution in [0.3, 0.4) is 0 Å². The predicted molar refractivity (Wildman–Crippen MR) is 195 cm³/mol. The molecule has 4 nitrogen and oxygen atoms in total. The van der Waals surface area contributed by atoms with E-state index < -0.39 is 0 Å². The minimum atomic E-state index is 0.699. The molecule has 44 heavy (non-hydrogen) atoms. The molecule has 2 aromatic carbocycles. The molecule has 2 aliphatic rings. The molecule has 236 valence electrons. The number of aryl methyl sites for hydroxylation is 2. The van der Waals surface area contributed by atoms with Gasteiger partial charge in [0.05, 0.1) is 0 Å². The Morgan fingerprint density at radius 1 is 1.07 bits per heavy atom. The number of nitrogens with zero attached hydrogens (tertiary/aromatic N) is 3. The van der Waals surface area contributed by atoms with Gasteiger partial charge in [0.2, 0.25) is 0 Å². The van der Waals surface area contributed by atoms with Crippen LogP contribution in [-0.4, -0.2) is 64.0 Å². The Hall–Kier alpha value is -3.21. The molecule has 1 saturated heterocycles. The summed E-state index contributed by atoms with van der Waals surface area (Å²) in [5.41, 5.74) is 13.2. The van der Waals surface area contributed by atoms with Crippen LogP contribution in [0.25, 0.3) is 16.7 Å². The number of dihydropyridines is 1. The number of hydrogen-bond acceptors (Lipinski definition) is 4. The Morgan fingerprint density at radius 2 is 1.86 bits per heavy atom. The van der Waals surface area contributed by atoms with E-state index in [9.17, 15) is 0 Å². The lowest BCUT2D eigenvalue weighted by Crippen LogP contribution is -2.48. The van der Waals surface area contributed by atoms with E-state index in [1.165, 1.54) is 69.6 Å². The molecule has 0 saturated carbocycles. The lowest BCUT2D eigenvalue weighted by molar-refractivity contribution is 0.207. The molecule has 4 rings (SSSR count). The maximum Gasteiger partial charge on any atom is 0.0426 e. The maximum atomic E-state index is 4.53. The maximum absolute atomic E-state index is 4.53. The van der Waals surface area contributed by atoms with Gasteiger partial charge in [0.1, 0.15) is 0 Å². The van der Waals surface area contributed by atoms with E-state index in [1.807, 2.05) is 0 Å². The molecule has 1 unspecified atom stereocenters. The van der Waals surface area contributed by atoms with Gasteiger partial charge in [-0.1, -0.05) is 67.1 Å². The van der Waals surface area contributed by atoms with Crippen LogP contribution in [-0.2, 0) is 6.42 Å². The summed E-state index contributed by atoms with van der Waals surface area (Å²) in [6.07, 6.45) is 14.7. The average molecular weight is 593 g/mol. The molecule has 0 radical (unpaired) electrons. The molecule has 4 heteroatoms. The number of aliphatic imine (C=N–C) groups is 1. The van der Waals surface area contributed by atoms with E-state index in [-0.39, 0.29) is 0 Å². The molecule has 1 atom stereocenters. The van der Waals surface area contributed by atoms with Crippen molar-refractivity contribution >= 4 is 28.6 Å². The third-order valence-corrected chi connectivity index (χ3v) is 9.48. The van der Waals surface area contributed by atoms with Gasteiger partial charge < -0.3 is 10.2 Å². The van der Waals surface area contributed by atoms with Crippen LogP contribution in [0.2, 0.25) is 0 Å².